The highest BCUT2D eigenvalue weighted by Crippen LogP contribution is 2.27. The highest BCUT2D eigenvalue weighted by atomic mass is 35.5. The number of nitrogens with zero attached hydrogens (tertiary/aromatic N) is 4. The van der Waals surface area contributed by atoms with Gasteiger partial charge in [0.1, 0.15) is 11.6 Å². The van der Waals surface area contributed by atoms with Crippen LogP contribution in [0.3, 0.4) is 0 Å². The van der Waals surface area contributed by atoms with Crippen LogP contribution in [0.1, 0.15) is 34.9 Å². The second kappa shape index (κ2) is 6.58. The number of pyridine rings is 1. The highest BCUT2D eigenvalue weighted by molar-refractivity contribution is 6.33. The van der Waals surface area contributed by atoms with Crippen molar-refractivity contribution < 1.29 is 4.79 Å². The molecule has 7 heteroatoms. The van der Waals surface area contributed by atoms with Crippen LogP contribution in [-0.2, 0) is 6.54 Å². The lowest BCUT2D eigenvalue weighted by molar-refractivity contribution is 0.0827. The Balaban J connectivity index is 1.69. The average molecular weight is 334 g/mol. The monoisotopic (exact) mass is 333 g/mol. The second-order valence-electron chi connectivity index (χ2n) is 5.95. The van der Waals surface area contributed by atoms with E-state index in [4.69, 9.17) is 11.6 Å². The SMILES string of the molecule is CN(C)C(=O)c1cnc(NCC2CCCn3ccnc32)c(Cl)c1. The van der Waals surface area contributed by atoms with Crippen LogP contribution in [0.4, 0.5) is 5.82 Å². The Morgan fingerprint density at radius 3 is 3.04 bits per heavy atom. The van der Waals surface area contributed by atoms with Gasteiger partial charge in [0.25, 0.3) is 5.91 Å². The van der Waals surface area contributed by atoms with E-state index >= 15 is 0 Å². The minimum Gasteiger partial charge on any atom is -0.368 e. The molecule has 1 aliphatic heterocycles. The van der Waals surface area contributed by atoms with Crippen molar-refractivity contribution in [3.63, 3.8) is 0 Å². The molecule has 0 spiro atoms. The van der Waals surface area contributed by atoms with Gasteiger partial charge in [0.15, 0.2) is 0 Å². The maximum absolute atomic E-state index is 11.9. The molecule has 1 amide bonds. The van der Waals surface area contributed by atoms with E-state index in [-0.39, 0.29) is 5.91 Å². The third kappa shape index (κ3) is 3.32. The predicted molar refractivity (Wildman–Crippen MR) is 90.0 cm³/mol. The lowest BCUT2D eigenvalue weighted by atomic mass is 9.99. The Hall–Kier alpha value is -2.08. The van der Waals surface area contributed by atoms with Crippen molar-refractivity contribution >= 4 is 23.3 Å². The van der Waals surface area contributed by atoms with Crippen molar-refractivity contribution in [1.82, 2.24) is 19.4 Å². The summed E-state index contributed by atoms with van der Waals surface area (Å²) < 4.78 is 2.20. The number of imidazole rings is 1. The van der Waals surface area contributed by atoms with Gasteiger partial charge < -0.3 is 14.8 Å². The molecule has 0 fully saturated rings. The molecule has 2 aromatic heterocycles. The summed E-state index contributed by atoms with van der Waals surface area (Å²) in [5.74, 6) is 1.95. The van der Waals surface area contributed by atoms with E-state index in [1.54, 1.807) is 26.4 Å². The van der Waals surface area contributed by atoms with E-state index in [0.29, 0.717) is 22.3 Å². The molecule has 1 aliphatic rings. The average Bonchev–Trinajstić information content (AvgIpc) is 3.02. The number of amides is 1. The third-order valence-electron chi connectivity index (χ3n) is 4.07. The number of hydrogen-bond acceptors (Lipinski definition) is 4. The molecule has 1 atom stereocenters. The summed E-state index contributed by atoms with van der Waals surface area (Å²) >= 11 is 6.26. The zero-order valence-electron chi connectivity index (χ0n) is 13.3. The highest BCUT2D eigenvalue weighted by Gasteiger charge is 2.21. The van der Waals surface area contributed by atoms with Crippen molar-refractivity contribution in [1.29, 1.82) is 0 Å². The predicted octanol–water partition coefficient (Wildman–Crippen LogP) is 2.62. The molecule has 2 aromatic rings. The Kier molecular flexibility index (Phi) is 4.52. The number of anilines is 1. The molecule has 0 aromatic carbocycles. The number of carbonyl (C=O) groups excluding carboxylic acids is 1. The van der Waals surface area contributed by atoms with Gasteiger partial charge in [-0.25, -0.2) is 9.97 Å². The van der Waals surface area contributed by atoms with Crippen LogP contribution in [0, 0.1) is 0 Å². The maximum Gasteiger partial charge on any atom is 0.254 e. The van der Waals surface area contributed by atoms with Crippen LogP contribution in [-0.4, -0.2) is 46.0 Å². The molecule has 23 heavy (non-hydrogen) atoms. The molecule has 122 valence electrons. The molecule has 0 radical (unpaired) electrons. The number of fused-ring (bicyclic) bond motifs is 1. The van der Waals surface area contributed by atoms with Crippen LogP contribution >= 0.6 is 11.6 Å². The Morgan fingerprint density at radius 1 is 1.48 bits per heavy atom. The Morgan fingerprint density at radius 2 is 2.30 bits per heavy atom. The van der Waals surface area contributed by atoms with Crippen LogP contribution < -0.4 is 5.32 Å². The van der Waals surface area contributed by atoms with Gasteiger partial charge in [-0.05, 0) is 18.9 Å². The van der Waals surface area contributed by atoms with Crippen LogP contribution in [0.5, 0.6) is 0 Å². The van der Waals surface area contributed by atoms with Gasteiger partial charge in [0.2, 0.25) is 0 Å². The smallest absolute Gasteiger partial charge is 0.254 e. The molecule has 6 nitrogen and oxygen atoms in total. The topological polar surface area (TPSA) is 63.1 Å². The quantitative estimate of drug-likeness (QED) is 0.934. The molecule has 0 saturated heterocycles. The van der Waals surface area contributed by atoms with E-state index < -0.39 is 0 Å². The van der Waals surface area contributed by atoms with Crippen molar-refractivity contribution in [2.24, 2.45) is 0 Å². The van der Waals surface area contributed by atoms with Crippen LogP contribution in [0.25, 0.3) is 0 Å². The molecule has 0 bridgehead atoms. The molecular weight excluding hydrogens is 314 g/mol. The fourth-order valence-electron chi connectivity index (χ4n) is 2.86. The van der Waals surface area contributed by atoms with Crippen molar-refractivity contribution in [3.8, 4) is 0 Å². The Labute approximate surface area is 140 Å². The number of carbonyl (C=O) groups is 1. The van der Waals surface area contributed by atoms with E-state index in [2.05, 4.69) is 19.9 Å². The second-order valence-corrected chi connectivity index (χ2v) is 6.36. The molecule has 1 unspecified atom stereocenters. The van der Waals surface area contributed by atoms with Crippen molar-refractivity contribution in [3.05, 3.63) is 41.1 Å². The van der Waals surface area contributed by atoms with Gasteiger partial charge in [0.05, 0.1) is 10.6 Å². The standard InChI is InChI=1S/C16H20ClN5O/c1-21(2)16(23)12-8-13(17)14(20-10-12)19-9-11-4-3-6-22-7-5-18-15(11)22/h5,7-8,10-11H,3-4,6,9H2,1-2H3,(H,19,20). The van der Waals surface area contributed by atoms with E-state index in [1.807, 2.05) is 12.4 Å². The number of aromatic nitrogens is 3. The van der Waals surface area contributed by atoms with Crippen LogP contribution in [0.15, 0.2) is 24.7 Å². The zero-order valence-corrected chi connectivity index (χ0v) is 14.0. The molecular formula is C16H20ClN5O. The van der Waals surface area contributed by atoms with Crippen LogP contribution in [0.2, 0.25) is 5.02 Å². The largest absolute Gasteiger partial charge is 0.368 e. The third-order valence-corrected chi connectivity index (χ3v) is 4.36. The number of hydrogen-bond donors (Lipinski definition) is 1. The van der Waals surface area contributed by atoms with Gasteiger partial charge in [-0.3, -0.25) is 4.79 Å². The minimum atomic E-state index is -0.111. The molecule has 1 N–H and O–H groups in total. The molecule has 0 saturated carbocycles. The maximum atomic E-state index is 11.9. The molecule has 0 aliphatic carbocycles. The van der Waals surface area contributed by atoms with Gasteiger partial charge in [-0.2, -0.15) is 0 Å². The Bertz CT molecular complexity index is 712. The minimum absolute atomic E-state index is 0.111. The van der Waals surface area contributed by atoms with Gasteiger partial charge >= 0.3 is 0 Å². The fraction of sp³-hybridized carbons (Fsp3) is 0.438. The number of nitrogens with one attached hydrogen (secondary N) is 1. The summed E-state index contributed by atoms with van der Waals surface area (Å²) in [4.78, 5) is 22.2. The summed E-state index contributed by atoms with van der Waals surface area (Å²) in [5, 5.41) is 3.74. The van der Waals surface area contributed by atoms with Gasteiger partial charge in [-0.1, -0.05) is 11.6 Å². The first-order valence-electron chi connectivity index (χ1n) is 7.68. The number of halogens is 1. The summed E-state index contributed by atoms with van der Waals surface area (Å²) in [5.41, 5.74) is 0.485. The van der Waals surface area contributed by atoms with E-state index in [1.165, 1.54) is 4.90 Å². The number of aryl methyl sites for hydroxylation is 1. The molecule has 3 rings (SSSR count). The summed E-state index contributed by atoms with van der Waals surface area (Å²) in [6, 6.07) is 1.65. The fourth-order valence-corrected chi connectivity index (χ4v) is 3.10. The lowest BCUT2D eigenvalue weighted by Gasteiger charge is -2.24. The zero-order chi connectivity index (χ0) is 16.4. The van der Waals surface area contributed by atoms with Gasteiger partial charge in [0, 0.05) is 51.7 Å². The van der Waals surface area contributed by atoms with E-state index in [0.717, 1.165) is 31.8 Å². The van der Waals surface area contributed by atoms with E-state index in [9.17, 15) is 4.79 Å². The first-order chi connectivity index (χ1) is 11.1. The first-order valence-corrected chi connectivity index (χ1v) is 8.06. The summed E-state index contributed by atoms with van der Waals surface area (Å²) in [6.07, 6.45) is 7.67. The van der Waals surface area contributed by atoms with Gasteiger partial charge in [-0.15, -0.1) is 0 Å². The summed E-state index contributed by atoms with van der Waals surface area (Å²) in [7, 11) is 3.40. The normalized spacial score (nSPS) is 16.7. The number of rotatable bonds is 4. The first kappa shape index (κ1) is 15.8. The lowest BCUT2D eigenvalue weighted by Crippen LogP contribution is -2.23. The van der Waals surface area contributed by atoms with Crippen molar-refractivity contribution in [2.45, 2.75) is 25.3 Å². The van der Waals surface area contributed by atoms with Crippen molar-refractivity contribution in [2.75, 3.05) is 26.0 Å². The molecule has 3 heterocycles. The summed E-state index contributed by atoms with van der Waals surface area (Å²) in [6.45, 7) is 1.76.